The van der Waals surface area contributed by atoms with Crippen molar-refractivity contribution < 1.29 is 9.53 Å². The lowest BCUT2D eigenvalue weighted by Gasteiger charge is -2.30. The normalized spacial score (nSPS) is 14.0. The van der Waals surface area contributed by atoms with E-state index in [0.29, 0.717) is 17.8 Å². The number of carbonyl (C=O) groups is 1. The third kappa shape index (κ3) is 6.21. The van der Waals surface area contributed by atoms with Gasteiger partial charge < -0.3 is 20.7 Å². The zero-order chi connectivity index (χ0) is 25.3. The summed E-state index contributed by atoms with van der Waals surface area (Å²) < 4.78 is 4.07. The average Bonchev–Trinajstić information content (AvgIpc) is 3.09. The summed E-state index contributed by atoms with van der Waals surface area (Å²) in [7, 11) is 1.44. The largest absolute Gasteiger partial charge is 0.450 e. The Kier molecular flexibility index (Phi) is 8.53. The van der Waals surface area contributed by atoms with Crippen LogP contribution in [0.2, 0.25) is 0 Å². The van der Waals surface area contributed by atoms with Crippen LogP contribution in [-0.4, -0.2) is 36.8 Å². The molecule has 6 nitrogen and oxygen atoms in total. The molecule has 1 amide bonds. The van der Waals surface area contributed by atoms with Crippen molar-refractivity contribution in [2.75, 3.05) is 25.9 Å². The van der Waals surface area contributed by atoms with Gasteiger partial charge in [0.15, 0.2) is 0 Å². The van der Waals surface area contributed by atoms with Gasteiger partial charge in [-0.05, 0) is 61.2 Å². The van der Waals surface area contributed by atoms with E-state index in [1.165, 1.54) is 36.8 Å². The summed E-state index contributed by atoms with van der Waals surface area (Å²) >= 11 is 1.72. The molecule has 0 atom stereocenters. The molecule has 184 valence electrons. The molecule has 5 rings (SSSR count). The van der Waals surface area contributed by atoms with E-state index in [1.54, 1.807) is 11.8 Å². The fraction of sp³-hybridized carbons (Fsp3) is 0.241. The molecule has 0 radical (unpaired) electrons. The van der Waals surface area contributed by atoms with Gasteiger partial charge in [-0.3, -0.25) is 4.79 Å². The summed E-state index contributed by atoms with van der Waals surface area (Å²) in [6.45, 7) is 2.50. The first-order chi connectivity index (χ1) is 17.6. The van der Waals surface area contributed by atoms with Crippen molar-refractivity contribution in [1.29, 1.82) is 0 Å². The summed E-state index contributed by atoms with van der Waals surface area (Å²) in [5, 5.41) is 3.00. The number of fused-ring (bicyclic) bond motifs is 2. The zero-order valence-corrected chi connectivity index (χ0v) is 21.2. The third-order valence-electron chi connectivity index (χ3n) is 6.00. The number of nitrogen functional groups attached to an aromatic ring is 1. The fourth-order valence-corrected chi connectivity index (χ4v) is 5.13. The van der Waals surface area contributed by atoms with Gasteiger partial charge in [0.2, 0.25) is 0 Å². The number of benzene rings is 3. The van der Waals surface area contributed by atoms with Crippen molar-refractivity contribution in [3.05, 3.63) is 83.4 Å². The smallest absolute Gasteiger partial charge is 0.251 e. The average molecular weight is 499 g/mol. The van der Waals surface area contributed by atoms with Gasteiger partial charge in [-0.1, -0.05) is 48.5 Å². The summed E-state index contributed by atoms with van der Waals surface area (Å²) in [5.41, 5.74) is 10.1. The maximum Gasteiger partial charge on any atom is 0.251 e. The number of carbonyl (C=O) groups excluding carboxylic acids is 1. The van der Waals surface area contributed by atoms with E-state index in [-0.39, 0.29) is 5.91 Å². The van der Waals surface area contributed by atoms with Gasteiger partial charge in [-0.15, -0.1) is 0 Å². The molecule has 3 aromatic carbocycles. The van der Waals surface area contributed by atoms with E-state index in [4.69, 9.17) is 10.7 Å². The number of rotatable bonds is 3. The van der Waals surface area contributed by atoms with Crippen molar-refractivity contribution >= 4 is 34.9 Å². The van der Waals surface area contributed by atoms with Gasteiger partial charge >= 0.3 is 0 Å². The second-order valence-corrected chi connectivity index (χ2v) is 9.59. The first-order valence-corrected chi connectivity index (χ1v) is 12.8. The van der Waals surface area contributed by atoms with Crippen molar-refractivity contribution in [2.45, 2.75) is 35.6 Å². The number of terminal acetylenes is 1. The van der Waals surface area contributed by atoms with Crippen LogP contribution in [0.3, 0.4) is 0 Å². The SMILES string of the molecule is C#COC.Nc1ccc(CNC(=O)c2ccc3c(c2)N=C(N2CCCCC2)c2ccccc2S3)cc1. The number of aliphatic imine (C=N–C) groups is 1. The molecular formula is C29H30N4O2S. The maximum atomic E-state index is 12.9. The maximum absolute atomic E-state index is 12.9. The second kappa shape index (κ2) is 12.2. The van der Waals surface area contributed by atoms with Gasteiger partial charge in [0.25, 0.3) is 5.91 Å². The summed E-state index contributed by atoms with van der Waals surface area (Å²) in [6, 6.07) is 21.8. The Bertz CT molecular complexity index is 1280. The van der Waals surface area contributed by atoms with Crippen molar-refractivity contribution in [3.8, 4) is 12.5 Å². The number of anilines is 1. The van der Waals surface area contributed by atoms with E-state index >= 15 is 0 Å². The Morgan fingerprint density at radius 3 is 2.53 bits per heavy atom. The molecule has 0 spiro atoms. The van der Waals surface area contributed by atoms with Crippen LogP contribution >= 0.6 is 11.8 Å². The monoisotopic (exact) mass is 498 g/mol. The van der Waals surface area contributed by atoms with Crippen LogP contribution in [0.4, 0.5) is 11.4 Å². The minimum absolute atomic E-state index is 0.105. The topological polar surface area (TPSA) is 79.9 Å². The molecule has 2 heterocycles. The number of nitrogens with one attached hydrogen (secondary N) is 1. The van der Waals surface area contributed by atoms with Crippen LogP contribution in [-0.2, 0) is 11.3 Å². The molecule has 3 N–H and O–H groups in total. The van der Waals surface area contributed by atoms with E-state index in [0.717, 1.165) is 35.1 Å². The number of methoxy groups -OCH3 is 1. The number of nitrogens with zero attached hydrogens (tertiary/aromatic N) is 2. The molecule has 0 unspecified atom stereocenters. The molecule has 0 aliphatic carbocycles. The van der Waals surface area contributed by atoms with Gasteiger partial charge in [0.05, 0.1) is 12.8 Å². The van der Waals surface area contributed by atoms with Gasteiger partial charge in [0, 0.05) is 46.2 Å². The minimum Gasteiger partial charge on any atom is -0.450 e. The van der Waals surface area contributed by atoms with Gasteiger partial charge in [0.1, 0.15) is 11.9 Å². The lowest BCUT2D eigenvalue weighted by atomic mass is 10.1. The Morgan fingerprint density at radius 2 is 1.81 bits per heavy atom. The molecule has 1 saturated heterocycles. The molecule has 0 aromatic heterocycles. The van der Waals surface area contributed by atoms with Gasteiger partial charge in [-0.2, -0.15) is 0 Å². The van der Waals surface area contributed by atoms with Crippen LogP contribution in [0.15, 0.2) is 81.5 Å². The number of amidine groups is 1. The molecule has 1 fully saturated rings. The quantitative estimate of drug-likeness (QED) is 0.371. The highest BCUT2D eigenvalue weighted by atomic mass is 32.2. The van der Waals surface area contributed by atoms with Crippen LogP contribution in [0.1, 0.15) is 40.7 Å². The predicted octanol–water partition coefficient (Wildman–Crippen LogP) is 5.45. The van der Waals surface area contributed by atoms with Crippen molar-refractivity contribution in [2.24, 2.45) is 4.99 Å². The standard InChI is InChI=1S/C26H26N4OS.C3H4O/c27-20-11-8-18(9-12-20)17-28-26(31)19-10-13-24-22(16-19)29-25(30-14-4-1-5-15-30)21-6-2-3-7-23(21)32-24;1-3-4-2/h2-3,6-13,16H,1,4-5,14-15,17,27H2,(H,28,31);1H,2H3. The van der Waals surface area contributed by atoms with E-state index in [9.17, 15) is 4.79 Å². The van der Waals surface area contributed by atoms with Crippen LogP contribution in [0.5, 0.6) is 0 Å². The fourth-order valence-electron chi connectivity index (χ4n) is 4.13. The molecule has 0 saturated carbocycles. The van der Waals surface area contributed by atoms with E-state index < -0.39 is 0 Å². The molecule has 0 bridgehead atoms. The Balaban J connectivity index is 0.000000709. The molecular weight excluding hydrogens is 468 g/mol. The highest BCUT2D eigenvalue weighted by molar-refractivity contribution is 7.99. The summed E-state index contributed by atoms with van der Waals surface area (Å²) in [5.74, 6) is 0.914. The Morgan fingerprint density at radius 1 is 1.08 bits per heavy atom. The summed E-state index contributed by atoms with van der Waals surface area (Å²) in [4.78, 5) is 22.6. The Hall–Kier alpha value is -3.89. The Labute approximate surface area is 216 Å². The molecule has 36 heavy (non-hydrogen) atoms. The molecule has 7 heteroatoms. The second-order valence-electron chi connectivity index (χ2n) is 8.51. The summed E-state index contributed by atoms with van der Waals surface area (Å²) in [6.07, 6.45) is 10.1. The van der Waals surface area contributed by atoms with Crippen LogP contribution < -0.4 is 11.1 Å². The zero-order valence-electron chi connectivity index (χ0n) is 20.4. The first kappa shape index (κ1) is 25.2. The third-order valence-corrected chi connectivity index (χ3v) is 7.14. The lowest BCUT2D eigenvalue weighted by molar-refractivity contribution is 0.0951. The lowest BCUT2D eigenvalue weighted by Crippen LogP contribution is -2.36. The predicted molar refractivity (Wildman–Crippen MR) is 146 cm³/mol. The number of hydrogen-bond acceptors (Lipinski definition) is 6. The number of hydrogen-bond donors (Lipinski definition) is 2. The number of ether oxygens (including phenoxy) is 1. The molecule has 2 aliphatic rings. The number of piperidine rings is 1. The number of amides is 1. The highest BCUT2D eigenvalue weighted by Gasteiger charge is 2.23. The highest BCUT2D eigenvalue weighted by Crippen LogP contribution is 2.41. The molecule has 2 aliphatic heterocycles. The minimum atomic E-state index is -0.105. The van der Waals surface area contributed by atoms with E-state index in [1.807, 2.05) is 48.6 Å². The molecule has 3 aromatic rings. The van der Waals surface area contributed by atoms with Crippen LogP contribution in [0, 0.1) is 12.5 Å². The van der Waals surface area contributed by atoms with E-state index in [2.05, 4.69) is 45.6 Å². The van der Waals surface area contributed by atoms with Crippen molar-refractivity contribution in [1.82, 2.24) is 10.2 Å². The van der Waals surface area contributed by atoms with Crippen molar-refractivity contribution in [3.63, 3.8) is 0 Å². The first-order valence-electron chi connectivity index (χ1n) is 11.9. The van der Waals surface area contributed by atoms with Gasteiger partial charge in [-0.25, -0.2) is 4.99 Å². The number of nitrogens with two attached hydrogens (primary N) is 1. The van der Waals surface area contributed by atoms with Crippen LogP contribution in [0.25, 0.3) is 0 Å². The number of likely N-dealkylation sites (tertiary alicyclic amines) is 1.